The average molecular weight is 370 g/mol. The Bertz CT molecular complexity index is 742. The van der Waals surface area contributed by atoms with Crippen molar-refractivity contribution < 1.29 is 14.4 Å². The second kappa shape index (κ2) is 9.63. The standard InChI is InChI=1S/C23H31NO3/c1-5-7-20(26)12-13-22(18(4)25)24(15-19-8-6-9-19)23(27)21-14-16(2)10-11-17(21)3/h10-11,14-15,22H,5-9,12-13H2,1-4H3. The first-order valence-electron chi connectivity index (χ1n) is 9.95. The van der Waals surface area contributed by atoms with Gasteiger partial charge in [0.05, 0.1) is 6.04 Å². The summed E-state index contributed by atoms with van der Waals surface area (Å²) in [7, 11) is 0. The Morgan fingerprint density at radius 2 is 1.85 bits per heavy atom. The number of hydrogen-bond donors (Lipinski definition) is 0. The molecule has 0 aromatic heterocycles. The molecule has 0 heterocycles. The topological polar surface area (TPSA) is 54.5 Å². The van der Waals surface area contributed by atoms with Crippen LogP contribution in [0.3, 0.4) is 0 Å². The Morgan fingerprint density at radius 1 is 1.15 bits per heavy atom. The van der Waals surface area contributed by atoms with Gasteiger partial charge in [0.25, 0.3) is 5.91 Å². The van der Waals surface area contributed by atoms with Gasteiger partial charge in [0, 0.05) is 24.6 Å². The number of amides is 1. The van der Waals surface area contributed by atoms with Gasteiger partial charge in [-0.3, -0.25) is 14.4 Å². The molecule has 1 saturated carbocycles. The summed E-state index contributed by atoms with van der Waals surface area (Å²) in [5, 5.41) is 0. The van der Waals surface area contributed by atoms with E-state index in [9.17, 15) is 14.4 Å². The molecule has 2 rings (SSSR count). The summed E-state index contributed by atoms with van der Waals surface area (Å²) in [6, 6.07) is 5.20. The van der Waals surface area contributed by atoms with E-state index in [0.717, 1.165) is 36.8 Å². The van der Waals surface area contributed by atoms with Gasteiger partial charge in [0.2, 0.25) is 0 Å². The van der Waals surface area contributed by atoms with Crippen molar-refractivity contribution in [2.75, 3.05) is 0 Å². The molecule has 1 unspecified atom stereocenters. The molecule has 0 aliphatic heterocycles. The van der Waals surface area contributed by atoms with Gasteiger partial charge in [0.1, 0.15) is 5.78 Å². The molecule has 4 nitrogen and oxygen atoms in total. The molecular formula is C23H31NO3. The lowest BCUT2D eigenvalue weighted by atomic mass is 9.92. The lowest BCUT2D eigenvalue weighted by molar-refractivity contribution is -0.122. The number of benzene rings is 1. The molecule has 1 aromatic rings. The number of carbonyl (C=O) groups excluding carboxylic acids is 3. The van der Waals surface area contributed by atoms with Crippen molar-refractivity contribution >= 4 is 17.5 Å². The van der Waals surface area contributed by atoms with Gasteiger partial charge < -0.3 is 4.90 Å². The largest absolute Gasteiger partial charge is 0.305 e. The summed E-state index contributed by atoms with van der Waals surface area (Å²) in [5.41, 5.74) is 3.72. The fourth-order valence-electron chi connectivity index (χ4n) is 3.34. The predicted molar refractivity (Wildman–Crippen MR) is 108 cm³/mol. The highest BCUT2D eigenvalue weighted by atomic mass is 16.2. The van der Waals surface area contributed by atoms with Crippen molar-refractivity contribution in [3.05, 3.63) is 46.7 Å². The SMILES string of the molecule is CCCC(=O)CCC(C(C)=O)N(C=C1CCC1)C(=O)c1cc(C)ccc1C. The summed E-state index contributed by atoms with van der Waals surface area (Å²) in [4.78, 5) is 39.3. The third-order valence-electron chi connectivity index (χ3n) is 5.21. The monoisotopic (exact) mass is 369 g/mol. The first-order chi connectivity index (χ1) is 12.8. The van der Waals surface area contributed by atoms with E-state index in [1.807, 2.05) is 45.2 Å². The molecule has 146 valence electrons. The first-order valence-corrected chi connectivity index (χ1v) is 9.95. The highest BCUT2D eigenvalue weighted by Crippen LogP contribution is 2.28. The molecule has 0 saturated heterocycles. The lowest BCUT2D eigenvalue weighted by Gasteiger charge is -2.30. The minimum Gasteiger partial charge on any atom is -0.305 e. The summed E-state index contributed by atoms with van der Waals surface area (Å²) in [6.07, 6.45) is 6.97. The van der Waals surface area contributed by atoms with E-state index in [-0.39, 0.29) is 17.5 Å². The van der Waals surface area contributed by atoms with Gasteiger partial charge in [-0.2, -0.15) is 0 Å². The van der Waals surface area contributed by atoms with Crippen molar-refractivity contribution in [3.63, 3.8) is 0 Å². The number of carbonyl (C=O) groups is 3. The Morgan fingerprint density at radius 3 is 2.41 bits per heavy atom. The fourth-order valence-corrected chi connectivity index (χ4v) is 3.34. The summed E-state index contributed by atoms with van der Waals surface area (Å²) in [6.45, 7) is 7.35. The number of allylic oxidation sites excluding steroid dienone is 1. The van der Waals surface area contributed by atoms with Crippen molar-refractivity contribution in [2.24, 2.45) is 0 Å². The molecule has 1 aliphatic rings. The maximum Gasteiger partial charge on any atom is 0.258 e. The normalized spacial score (nSPS) is 14.3. The maximum absolute atomic E-state index is 13.4. The minimum atomic E-state index is -0.591. The zero-order valence-corrected chi connectivity index (χ0v) is 17.0. The third-order valence-corrected chi connectivity index (χ3v) is 5.21. The van der Waals surface area contributed by atoms with Crippen LogP contribution in [-0.4, -0.2) is 28.4 Å². The number of ketones is 2. The van der Waals surface area contributed by atoms with E-state index in [1.54, 1.807) is 4.90 Å². The number of Topliss-reactive ketones (excluding diaryl/α,β-unsaturated/α-hetero) is 2. The van der Waals surface area contributed by atoms with Gasteiger partial charge in [0.15, 0.2) is 5.78 Å². The molecule has 4 heteroatoms. The van der Waals surface area contributed by atoms with E-state index >= 15 is 0 Å². The van der Waals surface area contributed by atoms with Crippen molar-refractivity contribution in [3.8, 4) is 0 Å². The predicted octanol–water partition coefficient (Wildman–Crippen LogP) is 4.92. The maximum atomic E-state index is 13.4. The quantitative estimate of drug-likeness (QED) is 0.621. The van der Waals surface area contributed by atoms with Crippen LogP contribution >= 0.6 is 0 Å². The second-order valence-electron chi connectivity index (χ2n) is 7.63. The van der Waals surface area contributed by atoms with E-state index in [1.165, 1.54) is 12.5 Å². The minimum absolute atomic E-state index is 0.0749. The highest BCUT2D eigenvalue weighted by Gasteiger charge is 2.29. The van der Waals surface area contributed by atoms with Gasteiger partial charge in [-0.1, -0.05) is 30.2 Å². The van der Waals surface area contributed by atoms with E-state index in [0.29, 0.717) is 24.8 Å². The Hall–Kier alpha value is -2.23. The highest BCUT2D eigenvalue weighted by molar-refractivity contribution is 5.99. The fraction of sp³-hybridized carbons (Fsp3) is 0.522. The van der Waals surface area contributed by atoms with Crippen LogP contribution in [0.5, 0.6) is 0 Å². The van der Waals surface area contributed by atoms with E-state index in [4.69, 9.17) is 0 Å². The van der Waals surface area contributed by atoms with Gasteiger partial charge in [-0.15, -0.1) is 0 Å². The van der Waals surface area contributed by atoms with Gasteiger partial charge >= 0.3 is 0 Å². The Kier molecular flexibility index (Phi) is 7.52. The van der Waals surface area contributed by atoms with Crippen LogP contribution in [0.1, 0.15) is 80.3 Å². The summed E-state index contributed by atoms with van der Waals surface area (Å²) >= 11 is 0. The van der Waals surface area contributed by atoms with Gasteiger partial charge in [-0.25, -0.2) is 0 Å². The third kappa shape index (κ3) is 5.62. The summed E-state index contributed by atoms with van der Waals surface area (Å²) < 4.78 is 0. The summed E-state index contributed by atoms with van der Waals surface area (Å²) in [5.74, 6) is -0.0768. The molecule has 1 atom stereocenters. The lowest BCUT2D eigenvalue weighted by Crippen LogP contribution is -2.42. The molecule has 0 spiro atoms. The molecule has 0 N–H and O–H groups in total. The molecule has 1 aromatic carbocycles. The van der Waals surface area contributed by atoms with Crippen LogP contribution < -0.4 is 0 Å². The van der Waals surface area contributed by atoms with Crippen molar-refractivity contribution in [1.82, 2.24) is 4.90 Å². The molecule has 1 aliphatic carbocycles. The van der Waals surface area contributed by atoms with Crippen LogP contribution in [0.4, 0.5) is 0 Å². The van der Waals surface area contributed by atoms with E-state index in [2.05, 4.69) is 0 Å². The first kappa shape index (κ1) is 21.1. The van der Waals surface area contributed by atoms with Crippen LogP contribution in [0.2, 0.25) is 0 Å². The smallest absolute Gasteiger partial charge is 0.258 e. The number of nitrogens with zero attached hydrogens (tertiary/aromatic N) is 1. The van der Waals surface area contributed by atoms with Gasteiger partial charge in [-0.05, 0) is 64.5 Å². The number of aryl methyl sites for hydroxylation is 2. The molecule has 1 fully saturated rings. The second-order valence-corrected chi connectivity index (χ2v) is 7.63. The van der Waals surface area contributed by atoms with Crippen molar-refractivity contribution in [1.29, 1.82) is 0 Å². The van der Waals surface area contributed by atoms with E-state index < -0.39 is 6.04 Å². The van der Waals surface area contributed by atoms with Crippen LogP contribution in [0.25, 0.3) is 0 Å². The zero-order chi connectivity index (χ0) is 20.0. The van der Waals surface area contributed by atoms with Crippen LogP contribution in [0.15, 0.2) is 30.0 Å². The number of hydrogen-bond acceptors (Lipinski definition) is 3. The van der Waals surface area contributed by atoms with Crippen molar-refractivity contribution in [2.45, 2.75) is 78.7 Å². The Labute approximate surface area is 162 Å². The number of rotatable bonds is 9. The molecule has 1 amide bonds. The molecule has 0 radical (unpaired) electrons. The molecular weight excluding hydrogens is 338 g/mol. The molecule has 0 bridgehead atoms. The molecule has 27 heavy (non-hydrogen) atoms. The zero-order valence-electron chi connectivity index (χ0n) is 17.0. The van der Waals surface area contributed by atoms with Crippen LogP contribution in [0, 0.1) is 13.8 Å². The Balaban J connectivity index is 2.33. The van der Waals surface area contributed by atoms with Crippen LogP contribution in [-0.2, 0) is 9.59 Å². The average Bonchev–Trinajstić information content (AvgIpc) is 2.57.